The maximum absolute atomic E-state index is 13.1. The molecule has 1 N–H and O–H groups in total. The van der Waals surface area contributed by atoms with Crippen LogP contribution < -0.4 is 5.32 Å². The van der Waals surface area contributed by atoms with Gasteiger partial charge in [-0.2, -0.15) is 30.2 Å². The van der Waals surface area contributed by atoms with Crippen molar-refractivity contribution >= 4 is 23.2 Å². The first-order chi connectivity index (χ1) is 10.4. The van der Waals surface area contributed by atoms with E-state index in [2.05, 4.69) is 5.32 Å². The molecule has 3 nitrogen and oxygen atoms in total. The fourth-order valence-electron chi connectivity index (χ4n) is 2.13. The number of hydrogen-bond acceptors (Lipinski definition) is 3. The van der Waals surface area contributed by atoms with Crippen molar-refractivity contribution in [2.24, 2.45) is 0 Å². The molecule has 1 atom stereocenters. The van der Waals surface area contributed by atoms with Crippen LogP contribution in [0.2, 0.25) is 0 Å². The van der Waals surface area contributed by atoms with Crippen molar-refractivity contribution in [3.05, 3.63) is 42.0 Å². The molecule has 22 heavy (non-hydrogen) atoms. The number of nitriles is 1. The maximum atomic E-state index is 13.1. The van der Waals surface area contributed by atoms with Crippen LogP contribution in [-0.2, 0) is 4.79 Å². The largest absolute Gasteiger partial charge is 0.417 e. The number of thioether (sulfide) groups is 1. The number of alkyl halides is 3. The van der Waals surface area contributed by atoms with Crippen molar-refractivity contribution in [2.45, 2.75) is 18.1 Å². The molecule has 1 fully saturated rings. The minimum Gasteiger partial charge on any atom is -0.333 e. The second-order valence-corrected chi connectivity index (χ2v) is 6.01. The molecule has 116 valence electrons. The van der Waals surface area contributed by atoms with E-state index in [0.29, 0.717) is 24.0 Å². The van der Waals surface area contributed by atoms with Crippen LogP contribution in [0.15, 0.2) is 36.4 Å². The summed E-state index contributed by atoms with van der Waals surface area (Å²) in [6, 6.07) is 9.11. The Labute approximate surface area is 130 Å². The van der Waals surface area contributed by atoms with Gasteiger partial charge in [0.05, 0.1) is 11.6 Å². The molecule has 7 heteroatoms. The monoisotopic (exact) mass is 326 g/mol. The molecule has 0 aliphatic carbocycles. The van der Waals surface area contributed by atoms with Crippen LogP contribution in [-0.4, -0.2) is 29.1 Å². The Balaban J connectivity index is 2.27. The lowest BCUT2D eigenvalue weighted by atomic mass is 10.0. The summed E-state index contributed by atoms with van der Waals surface area (Å²) in [7, 11) is 0. The quantitative estimate of drug-likeness (QED) is 0.868. The van der Waals surface area contributed by atoms with Gasteiger partial charge in [0.15, 0.2) is 0 Å². The number of hydrogen-bond donors (Lipinski definition) is 1. The summed E-state index contributed by atoms with van der Waals surface area (Å²) >= 11 is 1.49. The van der Waals surface area contributed by atoms with Gasteiger partial charge in [-0.3, -0.25) is 4.79 Å². The summed E-state index contributed by atoms with van der Waals surface area (Å²) in [5, 5.41) is 11.6. The minimum absolute atomic E-state index is 0.0862. The van der Waals surface area contributed by atoms with Crippen molar-refractivity contribution in [2.75, 3.05) is 11.5 Å². The lowest BCUT2D eigenvalue weighted by Gasteiger charge is -2.20. The molecular formula is C15H13F3N2OS. The predicted octanol–water partition coefficient (Wildman–Crippen LogP) is 3.15. The Kier molecular flexibility index (Phi) is 4.81. The summed E-state index contributed by atoms with van der Waals surface area (Å²) in [5.74, 6) is 0.179. The topological polar surface area (TPSA) is 52.9 Å². The number of carbonyl (C=O) groups excluding carboxylic acids is 1. The third-order valence-corrected chi connectivity index (χ3v) is 4.45. The number of amides is 1. The maximum Gasteiger partial charge on any atom is 0.417 e. The average Bonchev–Trinajstić information content (AvgIpc) is 2.93. The molecule has 1 aromatic carbocycles. The van der Waals surface area contributed by atoms with E-state index in [-0.39, 0.29) is 5.56 Å². The van der Waals surface area contributed by atoms with Crippen LogP contribution in [0.4, 0.5) is 13.2 Å². The molecule has 0 saturated carbocycles. The van der Waals surface area contributed by atoms with Gasteiger partial charge in [-0.05, 0) is 17.7 Å². The fourth-order valence-corrected chi connectivity index (χ4v) is 3.40. The van der Waals surface area contributed by atoms with E-state index < -0.39 is 23.2 Å². The number of halogens is 3. The van der Waals surface area contributed by atoms with Gasteiger partial charge >= 0.3 is 6.18 Å². The first kappa shape index (κ1) is 16.4. The molecule has 1 heterocycles. The smallest absolute Gasteiger partial charge is 0.333 e. The SMILES string of the molecule is N#CC1(NC(=O)/C=C(\c2ccccc2)C(F)(F)F)CCSC1. The predicted molar refractivity (Wildman–Crippen MR) is 78.9 cm³/mol. The van der Waals surface area contributed by atoms with Crippen molar-refractivity contribution in [1.82, 2.24) is 5.32 Å². The van der Waals surface area contributed by atoms with E-state index in [1.165, 1.54) is 36.0 Å². The first-order valence-electron chi connectivity index (χ1n) is 6.52. The number of carbonyl (C=O) groups is 1. The Morgan fingerprint density at radius 1 is 1.36 bits per heavy atom. The molecule has 1 unspecified atom stereocenters. The van der Waals surface area contributed by atoms with Crippen LogP contribution in [0.5, 0.6) is 0 Å². The molecule has 0 bridgehead atoms. The summed E-state index contributed by atoms with van der Waals surface area (Å²) in [5.41, 5.74) is -2.19. The Morgan fingerprint density at radius 2 is 2.05 bits per heavy atom. The van der Waals surface area contributed by atoms with Gasteiger partial charge in [0, 0.05) is 11.8 Å². The van der Waals surface area contributed by atoms with Gasteiger partial charge < -0.3 is 5.32 Å². The standard InChI is InChI=1S/C15H13F3N2OS/c16-15(17,18)12(11-4-2-1-3-5-11)8-13(21)20-14(9-19)6-7-22-10-14/h1-5,8H,6-7,10H2,(H,20,21)/b12-8+. The number of rotatable bonds is 3. The third kappa shape index (κ3) is 3.83. The lowest BCUT2D eigenvalue weighted by Crippen LogP contribution is -2.47. The van der Waals surface area contributed by atoms with E-state index in [1.54, 1.807) is 6.07 Å². The molecule has 0 spiro atoms. The van der Waals surface area contributed by atoms with Crippen molar-refractivity contribution in [3.8, 4) is 6.07 Å². The number of allylic oxidation sites excluding steroid dienone is 1. The molecule has 1 aliphatic rings. The molecule has 1 amide bonds. The molecule has 1 aromatic rings. The summed E-state index contributed by atoms with van der Waals surface area (Å²) < 4.78 is 39.4. The molecule has 1 aliphatic heterocycles. The lowest BCUT2D eigenvalue weighted by molar-refractivity contribution is -0.118. The van der Waals surface area contributed by atoms with Gasteiger partial charge in [0.2, 0.25) is 5.91 Å². The number of nitrogens with zero attached hydrogens (tertiary/aromatic N) is 1. The zero-order valence-corrected chi connectivity index (χ0v) is 12.3. The van der Waals surface area contributed by atoms with Gasteiger partial charge in [-0.25, -0.2) is 0 Å². The molecule has 2 rings (SSSR count). The first-order valence-corrected chi connectivity index (χ1v) is 7.67. The number of benzene rings is 1. The van der Waals surface area contributed by atoms with Crippen molar-refractivity contribution in [1.29, 1.82) is 5.26 Å². The Hall–Kier alpha value is -1.94. The minimum atomic E-state index is -4.65. The number of nitrogens with one attached hydrogen (secondary N) is 1. The summed E-state index contributed by atoms with van der Waals surface area (Å²) in [6.07, 6.45) is -3.69. The van der Waals surface area contributed by atoms with Crippen LogP contribution in [0.25, 0.3) is 5.57 Å². The summed E-state index contributed by atoms with van der Waals surface area (Å²) in [4.78, 5) is 11.9. The van der Waals surface area contributed by atoms with E-state index >= 15 is 0 Å². The van der Waals surface area contributed by atoms with Crippen LogP contribution >= 0.6 is 11.8 Å². The van der Waals surface area contributed by atoms with Crippen LogP contribution in [0, 0.1) is 11.3 Å². The highest BCUT2D eigenvalue weighted by Gasteiger charge is 2.38. The van der Waals surface area contributed by atoms with Crippen LogP contribution in [0.1, 0.15) is 12.0 Å². The highest BCUT2D eigenvalue weighted by molar-refractivity contribution is 7.99. The zero-order chi connectivity index (χ0) is 16.2. The van der Waals surface area contributed by atoms with Gasteiger partial charge in [0.25, 0.3) is 0 Å². The third-order valence-electron chi connectivity index (χ3n) is 3.26. The second-order valence-electron chi connectivity index (χ2n) is 4.91. The normalized spacial score (nSPS) is 22.2. The van der Waals surface area contributed by atoms with Crippen molar-refractivity contribution in [3.63, 3.8) is 0 Å². The van der Waals surface area contributed by atoms with Gasteiger partial charge in [-0.15, -0.1) is 0 Å². The van der Waals surface area contributed by atoms with Gasteiger partial charge in [0.1, 0.15) is 5.54 Å². The Bertz CT molecular complexity index is 614. The van der Waals surface area contributed by atoms with Gasteiger partial charge in [-0.1, -0.05) is 30.3 Å². The van der Waals surface area contributed by atoms with E-state index in [4.69, 9.17) is 5.26 Å². The van der Waals surface area contributed by atoms with E-state index in [9.17, 15) is 18.0 Å². The van der Waals surface area contributed by atoms with E-state index in [0.717, 1.165) is 0 Å². The molecule has 0 radical (unpaired) electrons. The van der Waals surface area contributed by atoms with E-state index in [1.807, 2.05) is 6.07 Å². The molecule has 0 aromatic heterocycles. The second kappa shape index (κ2) is 6.44. The summed E-state index contributed by atoms with van der Waals surface area (Å²) in [6.45, 7) is 0. The molecular weight excluding hydrogens is 313 g/mol. The Morgan fingerprint density at radius 3 is 2.55 bits per heavy atom. The molecule has 1 saturated heterocycles. The van der Waals surface area contributed by atoms with Crippen molar-refractivity contribution < 1.29 is 18.0 Å². The average molecular weight is 326 g/mol. The fraction of sp³-hybridized carbons (Fsp3) is 0.333. The van der Waals surface area contributed by atoms with Crippen LogP contribution in [0.3, 0.4) is 0 Å². The highest BCUT2D eigenvalue weighted by atomic mass is 32.2. The zero-order valence-electron chi connectivity index (χ0n) is 11.5. The highest BCUT2D eigenvalue weighted by Crippen LogP contribution is 2.34.